The molecule has 2 N–H and O–H groups in total. The molecule has 0 radical (unpaired) electrons. The van der Waals surface area contributed by atoms with Crippen LogP contribution in [0.15, 0.2) is 24.3 Å². The third-order valence-corrected chi connectivity index (χ3v) is 10.4. The second-order valence-corrected chi connectivity index (χ2v) is 13.2. The summed E-state index contributed by atoms with van der Waals surface area (Å²) < 4.78 is 58.7. The molecule has 4 aliphatic rings. The molecule has 4 fully saturated rings. The highest BCUT2D eigenvalue weighted by Crippen LogP contribution is 2.44. The maximum absolute atomic E-state index is 17.0. The Bertz CT molecular complexity index is 1850. The van der Waals surface area contributed by atoms with Gasteiger partial charge in [0.15, 0.2) is 5.82 Å². The number of hydrogen-bond acceptors (Lipinski definition) is 9. The van der Waals surface area contributed by atoms with Gasteiger partial charge < -0.3 is 24.8 Å². The molecule has 0 amide bonds. The maximum Gasteiger partial charge on any atom is 0.319 e. The lowest BCUT2D eigenvalue weighted by Gasteiger charge is -2.34. The van der Waals surface area contributed by atoms with Crippen molar-refractivity contribution in [3.05, 3.63) is 41.5 Å². The molecule has 46 heavy (non-hydrogen) atoms. The lowest BCUT2D eigenvalue weighted by Crippen LogP contribution is -2.51. The topological polar surface area (TPSA) is 95.9 Å². The summed E-state index contributed by atoms with van der Waals surface area (Å²) in [6.07, 6.45) is 3.65. The number of aromatic hydroxyl groups is 1. The third kappa shape index (κ3) is 4.71. The van der Waals surface area contributed by atoms with E-state index in [1.807, 2.05) is 6.92 Å². The van der Waals surface area contributed by atoms with E-state index < -0.39 is 23.3 Å². The van der Waals surface area contributed by atoms with Gasteiger partial charge in [-0.05, 0) is 73.2 Å². The van der Waals surface area contributed by atoms with Crippen molar-refractivity contribution in [1.82, 2.24) is 25.2 Å². The number of ether oxygens (including phenoxy) is 2. The molecule has 0 aliphatic carbocycles. The number of phenolic OH excluding ortho intramolecular Hbond substituents is 1. The zero-order chi connectivity index (χ0) is 31.7. The lowest BCUT2D eigenvalue weighted by molar-refractivity contribution is 0.107. The Morgan fingerprint density at radius 3 is 2.63 bits per heavy atom. The van der Waals surface area contributed by atoms with Crippen LogP contribution in [0.1, 0.15) is 44.6 Å². The van der Waals surface area contributed by atoms with E-state index in [9.17, 15) is 9.50 Å². The van der Waals surface area contributed by atoms with Crippen LogP contribution in [0.2, 0.25) is 0 Å². The average Bonchev–Trinajstić information content (AvgIpc) is 3.70. The number of benzene rings is 2. The minimum atomic E-state index is -0.918. The molecular formula is C34H37F3N6O3. The number of aromatic nitrogens is 3. The molecule has 2 aromatic heterocycles. The molecule has 9 nitrogen and oxygen atoms in total. The van der Waals surface area contributed by atoms with Crippen LogP contribution in [-0.2, 0) is 6.42 Å². The number of phenols is 1. The lowest BCUT2D eigenvalue weighted by atomic mass is 9.94. The first kappa shape index (κ1) is 29.5. The van der Waals surface area contributed by atoms with Crippen LogP contribution in [0.5, 0.6) is 17.6 Å². The number of rotatable bonds is 7. The molecule has 0 spiro atoms. The van der Waals surface area contributed by atoms with E-state index in [2.05, 4.69) is 25.1 Å². The number of fused-ring (bicyclic) bond motifs is 5. The molecular weight excluding hydrogens is 597 g/mol. The Morgan fingerprint density at radius 1 is 1.07 bits per heavy atom. The number of pyridine rings is 1. The summed E-state index contributed by atoms with van der Waals surface area (Å²) in [4.78, 5) is 18.4. The van der Waals surface area contributed by atoms with E-state index in [4.69, 9.17) is 14.5 Å². The van der Waals surface area contributed by atoms with Gasteiger partial charge in [-0.2, -0.15) is 9.97 Å². The Labute approximate surface area is 264 Å². The SMILES string of the molecule is CCc1c(F)ccc2cc(O)cc(-c3nc(OC)c4c(N5CC6CCC(C5)N6)nc(OC[C@@]56CCCN5C[C@H](F)C6)nc4c3F)c12. The predicted octanol–water partition coefficient (Wildman–Crippen LogP) is 5.30. The number of anilines is 1. The van der Waals surface area contributed by atoms with Crippen molar-refractivity contribution in [3.8, 4) is 28.9 Å². The number of piperazine rings is 1. The van der Waals surface area contributed by atoms with Gasteiger partial charge in [0.25, 0.3) is 0 Å². The molecule has 8 rings (SSSR count). The van der Waals surface area contributed by atoms with Crippen molar-refractivity contribution in [2.75, 3.05) is 44.8 Å². The van der Waals surface area contributed by atoms with Gasteiger partial charge in [0.05, 0.1) is 12.6 Å². The predicted molar refractivity (Wildman–Crippen MR) is 168 cm³/mol. The highest BCUT2D eigenvalue weighted by atomic mass is 19.1. The maximum atomic E-state index is 17.0. The van der Waals surface area contributed by atoms with E-state index in [-0.39, 0.29) is 53.1 Å². The van der Waals surface area contributed by atoms with Crippen molar-refractivity contribution in [3.63, 3.8) is 0 Å². The van der Waals surface area contributed by atoms with E-state index in [0.717, 1.165) is 32.2 Å². The molecule has 242 valence electrons. The highest BCUT2D eigenvalue weighted by molar-refractivity contribution is 6.03. The van der Waals surface area contributed by atoms with Crippen molar-refractivity contribution in [1.29, 1.82) is 0 Å². The second kappa shape index (κ2) is 11.1. The molecule has 2 unspecified atom stereocenters. The molecule has 0 saturated carbocycles. The zero-order valence-corrected chi connectivity index (χ0v) is 26.0. The quantitative estimate of drug-likeness (QED) is 0.281. The van der Waals surface area contributed by atoms with Crippen LogP contribution >= 0.6 is 0 Å². The minimum Gasteiger partial charge on any atom is -0.508 e. The van der Waals surface area contributed by atoms with Gasteiger partial charge in [0.2, 0.25) is 5.88 Å². The monoisotopic (exact) mass is 634 g/mol. The van der Waals surface area contributed by atoms with E-state index in [0.29, 0.717) is 60.0 Å². The van der Waals surface area contributed by atoms with Crippen LogP contribution < -0.4 is 19.7 Å². The van der Waals surface area contributed by atoms with Gasteiger partial charge in [0.1, 0.15) is 46.8 Å². The third-order valence-electron chi connectivity index (χ3n) is 10.4. The van der Waals surface area contributed by atoms with Crippen LogP contribution in [0.4, 0.5) is 19.0 Å². The minimum absolute atomic E-state index is 0.00363. The summed E-state index contributed by atoms with van der Waals surface area (Å²) in [6.45, 7) is 4.53. The first-order valence-corrected chi connectivity index (χ1v) is 16.2. The molecule has 4 atom stereocenters. The van der Waals surface area contributed by atoms with Crippen molar-refractivity contribution >= 4 is 27.5 Å². The smallest absolute Gasteiger partial charge is 0.319 e. The molecule has 2 aromatic carbocycles. The standard InChI is InChI=1S/C34H37F3N6O3/c1-3-23-25(36)8-5-18-11-22(44)12-24(26(18)23)29-28(37)30-27(32(39-29)45-2)31(42-15-20-6-7-21(16-42)38-20)41-33(40-30)46-17-34-9-4-10-43(34)14-19(35)13-34/h5,8,11-12,19-21,38,44H,3-4,6-7,9-10,13-17H2,1-2H3/t19-,20?,21?,34+/m1/s1. The fraction of sp³-hybridized carbons (Fsp3) is 0.500. The molecule has 12 heteroatoms. The summed E-state index contributed by atoms with van der Waals surface area (Å²) >= 11 is 0. The summed E-state index contributed by atoms with van der Waals surface area (Å²) in [5, 5.41) is 15.6. The Balaban J connectivity index is 1.32. The first-order valence-electron chi connectivity index (χ1n) is 16.2. The zero-order valence-electron chi connectivity index (χ0n) is 26.0. The van der Waals surface area contributed by atoms with Gasteiger partial charge in [-0.3, -0.25) is 4.90 Å². The first-order chi connectivity index (χ1) is 22.3. The molecule has 4 saturated heterocycles. The number of hydrogen-bond donors (Lipinski definition) is 2. The van der Waals surface area contributed by atoms with Gasteiger partial charge in [-0.25, -0.2) is 18.2 Å². The second-order valence-electron chi connectivity index (χ2n) is 13.2. The molecule has 4 aromatic rings. The number of nitrogens with zero attached hydrogens (tertiary/aromatic N) is 5. The highest BCUT2D eigenvalue weighted by Gasteiger charge is 2.49. The summed E-state index contributed by atoms with van der Waals surface area (Å²) in [6, 6.07) is 6.36. The number of aryl methyl sites for hydroxylation is 1. The van der Waals surface area contributed by atoms with E-state index in [1.165, 1.54) is 25.3 Å². The number of nitrogens with one attached hydrogen (secondary N) is 1. The van der Waals surface area contributed by atoms with Gasteiger partial charge in [-0.1, -0.05) is 13.0 Å². The fourth-order valence-electron chi connectivity index (χ4n) is 8.37. The molecule has 4 aliphatic heterocycles. The fourth-order valence-corrected chi connectivity index (χ4v) is 8.37. The summed E-state index contributed by atoms with van der Waals surface area (Å²) in [5.41, 5.74) is 0.00608. The molecule has 2 bridgehead atoms. The average molecular weight is 635 g/mol. The number of methoxy groups -OCH3 is 1. The number of halogens is 3. The van der Waals surface area contributed by atoms with E-state index >= 15 is 8.78 Å². The van der Waals surface area contributed by atoms with Crippen molar-refractivity contribution < 1.29 is 27.8 Å². The normalized spacial score (nSPS) is 25.9. The molecule has 6 heterocycles. The van der Waals surface area contributed by atoms with Crippen molar-refractivity contribution in [2.24, 2.45) is 0 Å². The Morgan fingerprint density at radius 2 is 1.87 bits per heavy atom. The summed E-state index contributed by atoms with van der Waals surface area (Å²) in [5.74, 6) is -0.716. The van der Waals surface area contributed by atoms with Crippen LogP contribution in [0.25, 0.3) is 32.9 Å². The van der Waals surface area contributed by atoms with Gasteiger partial charge in [-0.15, -0.1) is 0 Å². The van der Waals surface area contributed by atoms with Gasteiger partial charge in [0, 0.05) is 43.7 Å². The summed E-state index contributed by atoms with van der Waals surface area (Å²) in [7, 11) is 1.46. The van der Waals surface area contributed by atoms with Crippen molar-refractivity contribution in [2.45, 2.75) is 69.2 Å². The Kier molecular flexibility index (Phi) is 7.13. The van der Waals surface area contributed by atoms with Crippen LogP contribution in [0, 0.1) is 11.6 Å². The van der Waals surface area contributed by atoms with E-state index in [1.54, 1.807) is 6.07 Å². The van der Waals surface area contributed by atoms with Gasteiger partial charge >= 0.3 is 6.01 Å². The largest absolute Gasteiger partial charge is 0.508 e. The number of alkyl halides is 1. The Hall–Kier alpha value is -3.90. The van der Waals surface area contributed by atoms with Crippen LogP contribution in [0.3, 0.4) is 0 Å². The van der Waals surface area contributed by atoms with Crippen LogP contribution in [-0.4, -0.2) is 88.6 Å².